The Morgan fingerprint density at radius 1 is 1.34 bits per heavy atom. The van der Waals surface area contributed by atoms with E-state index in [1.165, 1.54) is 11.3 Å². The zero-order valence-electron chi connectivity index (χ0n) is 15.8. The molecule has 0 spiro atoms. The highest BCUT2D eigenvalue weighted by atomic mass is 32.1. The largest absolute Gasteiger partial charge is 0.495 e. The average Bonchev–Trinajstić information content (AvgIpc) is 3.35. The minimum atomic E-state index is -0.533. The molecule has 146 valence electrons. The molecular formula is C21H18N4O3S. The third-order valence-corrected chi connectivity index (χ3v) is 5.84. The number of thiophene rings is 1. The lowest BCUT2D eigenvalue weighted by Crippen LogP contribution is -2.26. The minimum Gasteiger partial charge on any atom is -0.495 e. The van der Waals surface area contributed by atoms with Crippen LogP contribution in [0.3, 0.4) is 0 Å². The lowest BCUT2D eigenvalue weighted by atomic mass is 9.85. The fourth-order valence-corrected chi connectivity index (χ4v) is 4.51. The summed E-state index contributed by atoms with van der Waals surface area (Å²) in [4.78, 5) is 13.7. The number of allylic oxidation sites excluding steroid dienone is 1. The van der Waals surface area contributed by atoms with E-state index < -0.39 is 5.92 Å². The monoisotopic (exact) mass is 406 g/mol. The Bertz CT molecular complexity index is 1160. The van der Waals surface area contributed by atoms with Crippen LogP contribution in [0.15, 0.2) is 58.3 Å². The fourth-order valence-electron chi connectivity index (χ4n) is 3.50. The molecule has 3 aromatic rings. The number of hydrogen-bond acceptors (Lipinski definition) is 7. The van der Waals surface area contributed by atoms with E-state index in [1.54, 1.807) is 37.6 Å². The number of furan rings is 1. The lowest BCUT2D eigenvalue weighted by Gasteiger charge is -2.27. The first-order chi connectivity index (χ1) is 14.0. The second-order valence-corrected chi connectivity index (χ2v) is 7.49. The molecular weight excluding hydrogens is 388 g/mol. The second-order valence-electron chi connectivity index (χ2n) is 6.47. The predicted molar refractivity (Wildman–Crippen MR) is 112 cm³/mol. The summed E-state index contributed by atoms with van der Waals surface area (Å²) in [6.07, 6.45) is 1.55. The molecule has 1 atom stereocenters. The molecule has 3 heterocycles. The molecule has 0 saturated carbocycles. The zero-order chi connectivity index (χ0) is 20.5. The first-order valence-electron chi connectivity index (χ1n) is 8.83. The molecule has 4 rings (SSSR count). The van der Waals surface area contributed by atoms with Gasteiger partial charge in [0.05, 0.1) is 36.2 Å². The van der Waals surface area contributed by atoms with Gasteiger partial charge in [-0.15, -0.1) is 11.3 Å². The van der Waals surface area contributed by atoms with E-state index in [0.717, 1.165) is 5.00 Å². The Hall–Kier alpha value is -3.70. The normalized spacial score (nSPS) is 15.3. The number of benzene rings is 1. The van der Waals surface area contributed by atoms with Crippen molar-refractivity contribution in [3.8, 4) is 11.8 Å². The van der Waals surface area contributed by atoms with Crippen LogP contribution < -0.4 is 21.1 Å². The van der Waals surface area contributed by atoms with E-state index >= 15 is 0 Å². The van der Waals surface area contributed by atoms with Gasteiger partial charge in [0.25, 0.3) is 5.91 Å². The maximum absolute atomic E-state index is 13.3. The molecule has 0 saturated heterocycles. The van der Waals surface area contributed by atoms with Crippen molar-refractivity contribution in [3.05, 3.63) is 70.1 Å². The zero-order valence-corrected chi connectivity index (χ0v) is 16.6. The van der Waals surface area contributed by atoms with Crippen LogP contribution in [0.1, 0.15) is 29.0 Å². The third-order valence-electron chi connectivity index (χ3n) is 4.79. The number of nitrogens with one attached hydrogen (secondary N) is 2. The first kappa shape index (κ1) is 18.7. The number of nitriles is 1. The quantitative estimate of drug-likeness (QED) is 0.596. The Kier molecular flexibility index (Phi) is 4.74. The Labute approximate surface area is 171 Å². The Balaban J connectivity index is 1.81. The highest BCUT2D eigenvalue weighted by Gasteiger charge is 2.38. The summed E-state index contributed by atoms with van der Waals surface area (Å²) in [5, 5.41) is 16.3. The molecule has 0 bridgehead atoms. The van der Waals surface area contributed by atoms with Gasteiger partial charge < -0.3 is 25.5 Å². The maximum atomic E-state index is 13.3. The number of anilines is 3. The van der Waals surface area contributed by atoms with Gasteiger partial charge >= 0.3 is 0 Å². The third kappa shape index (κ3) is 3.11. The first-order valence-corrected chi connectivity index (χ1v) is 9.64. The number of rotatable bonds is 4. The summed E-state index contributed by atoms with van der Waals surface area (Å²) in [7, 11) is 1.55. The van der Waals surface area contributed by atoms with Crippen molar-refractivity contribution >= 4 is 33.6 Å². The van der Waals surface area contributed by atoms with Crippen LogP contribution in [0, 0.1) is 11.3 Å². The van der Waals surface area contributed by atoms with Gasteiger partial charge in [-0.2, -0.15) is 5.26 Å². The molecule has 2 aromatic heterocycles. The van der Waals surface area contributed by atoms with Crippen molar-refractivity contribution < 1.29 is 13.9 Å². The molecule has 4 N–H and O–H groups in total. The summed E-state index contributed by atoms with van der Waals surface area (Å²) >= 11 is 1.27. The van der Waals surface area contributed by atoms with Gasteiger partial charge in [-0.05, 0) is 31.2 Å². The van der Waals surface area contributed by atoms with E-state index in [0.29, 0.717) is 44.6 Å². The molecule has 1 aliphatic heterocycles. The highest BCUT2D eigenvalue weighted by Crippen LogP contribution is 2.50. The topological polar surface area (TPSA) is 113 Å². The van der Waals surface area contributed by atoms with Crippen LogP contribution >= 0.6 is 11.3 Å². The number of ether oxygens (including phenoxy) is 1. The van der Waals surface area contributed by atoms with Crippen LogP contribution in [0.4, 0.5) is 16.4 Å². The maximum Gasteiger partial charge on any atom is 0.254 e. The van der Waals surface area contributed by atoms with Gasteiger partial charge in [0.2, 0.25) is 0 Å². The standard InChI is InChI=1S/C21H18N4O3S/c1-11-16(20(26)25-12-6-3-4-7-13(12)27-2)17(14-8-5-9-28-14)18-19(23)15(10-22)29-21(18)24-11/h3-9,17,24H,23H2,1-2H3,(H,25,26). The molecule has 8 heteroatoms. The van der Waals surface area contributed by atoms with Gasteiger partial charge in [-0.1, -0.05) is 12.1 Å². The van der Waals surface area contributed by atoms with E-state index in [9.17, 15) is 10.1 Å². The van der Waals surface area contributed by atoms with Gasteiger partial charge in [-0.25, -0.2) is 0 Å². The van der Waals surface area contributed by atoms with E-state index in [4.69, 9.17) is 14.9 Å². The summed E-state index contributed by atoms with van der Waals surface area (Å²) in [5.74, 6) is 0.288. The average molecular weight is 406 g/mol. The van der Waals surface area contributed by atoms with Gasteiger partial charge in [0.15, 0.2) is 0 Å². The number of fused-ring (bicyclic) bond motifs is 1. The summed E-state index contributed by atoms with van der Waals surface area (Å²) in [6, 6.07) is 12.9. The predicted octanol–water partition coefficient (Wildman–Crippen LogP) is 4.27. The molecule has 1 aliphatic rings. The van der Waals surface area contributed by atoms with Crippen molar-refractivity contribution in [2.75, 3.05) is 23.5 Å². The van der Waals surface area contributed by atoms with Gasteiger partial charge in [0, 0.05) is 11.3 Å². The Morgan fingerprint density at radius 2 is 2.14 bits per heavy atom. The number of methoxy groups -OCH3 is 1. The van der Waals surface area contributed by atoms with Gasteiger partial charge in [0.1, 0.15) is 27.5 Å². The second kappa shape index (κ2) is 7.37. The van der Waals surface area contributed by atoms with Crippen LogP contribution in [-0.4, -0.2) is 13.0 Å². The number of nitrogens with two attached hydrogens (primary N) is 1. The van der Waals surface area contributed by atoms with Gasteiger partial charge in [-0.3, -0.25) is 4.79 Å². The lowest BCUT2D eigenvalue weighted by molar-refractivity contribution is -0.113. The van der Waals surface area contributed by atoms with Crippen LogP contribution in [0.2, 0.25) is 0 Å². The van der Waals surface area contributed by atoms with Crippen LogP contribution in [0.25, 0.3) is 0 Å². The van der Waals surface area contributed by atoms with E-state index in [2.05, 4.69) is 16.7 Å². The molecule has 0 fully saturated rings. The number of nitrogens with zero attached hydrogens (tertiary/aromatic N) is 1. The molecule has 1 aromatic carbocycles. The number of para-hydroxylation sites is 2. The minimum absolute atomic E-state index is 0.310. The number of carbonyl (C=O) groups excluding carboxylic acids is 1. The molecule has 1 amide bonds. The molecule has 1 unspecified atom stereocenters. The van der Waals surface area contributed by atoms with Crippen LogP contribution in [0.5, 0.6) is 5.75 Å². The van der Waals surface area contributed by atoms with E-state index in [-0.39, 0.29) is 5.91 Å². The SMILES string of the molecule is COc1ccccc1NC(=O)C1=C(C)Nc2sc(C#N)c(N)c2C1c1ccco1. The number of amides is 1. The number of carbonyl (C=O) groups is 1. The summed E-state index contributed by atoms with van der Waals surface area (Å²) in [6.45, 7) is 1.82. The molecule has 0 aliphatic carbocycles. The fraction of sp³-hybridized carbons (Fsp3) is 0.143. The van der Waals surface area contributed by atoms with Crippen LogP contribution in [-0.2, 0) is 4.79 Å². The highest BCUT2D eigenvalue weighted by molar-refractivity contribution is 7.17. The van der Waals surface area contributed by atoms with Crippen molar-refractivity contribution in [2.24, 2.45) is 0 Å². The molecule has 0 radical (unpaired) electrons. The van der Waals surface area contributed by atoms with Crippen molar-refractivity contribution in [2.45, 2.75) is 12.8 Å². The summed E-state index contributed by atoms with van der Waals surface area (Å²) in [5.41, 5.74) is 8.99. The number of hydrogen-bond donors (Lipinski definition) is 3. The molecule has 29 heavy (non-hydrogen) atoms. The molecule has 7 nitrogen and oxygen atoms in total. The van der Waals surface area contributed by atoms with Crippen molar-refractivity contribution in [3.63, 3.8) is 0 Å². The van der Waals surface area contributed by atoms with Crippen molar-refractivity contribution in [1.29, 1.82) is 5.26 Å². The van der Waals surface area contributed by atoms with E-state index in [1.807, 2.05) is 19.1 Å². The number of nitrogen functional groups attached to an aromatic ring is 1. The smallest absolute Gasteiger partial charge is 0.254 e. The summed E-state index contributed by atoms with van der Waals surface area (Å²) < 4.78 is 11.0. The van der Waals surface area contributed by atoms with Crippen molar-refractivity contribution in [1.82, 2.24) is 0 Å². The Morgan fingerprint density at radius 3 is 2.83 bits per heavy atom.